The Balaban J connectivity index is 1.76. The molecule has 0 radical (unpaired) electrons. The Bertz CT molecular complexity index is 1380. The number of para-hydroxylation sites is 2. The number of fused-ring (bicyclic) bond motifs is 5. The fraction of sp³-hybridized carbons (Fsp3) is 0.273. The number of anilines is 4. The lowest BCUT2D eigenvalue weighted by Gasteiger charge is -2.46. The third-order valence-electron chi connectivity index (χ3n) is 7.91. The van der Waals surface area contributed by atoms with E-state index in [1.807, 2.05) is 0 Å². The van der Waals surface area contributed by atoms with Crippen molar-refractivity contribution < 1.29 is 0 Å². The van der Waals surface area contributed by atoms with Crippen molar-refractivity contribution in [2.24, 2.45) is 0 Å². The Labute approximate surface area is 216 Å². The van der Waals surface area contributed by atoms with Crippen LogP contribution in [0, 0.1) is 0 Å². The molecule has 0 spiro atoms. The average Bonchev–Trinajstić information content (AvgIpc) is 3.17. The largest absolute Gasteiger partial charge is 0.373 e. The first-order valence-electron chi connectivity index (χ1n) is 13.1. The molecule has 2 aliphatic heterocycles. The first-order chi connectivity index (χ1) is 17.1. The minimum Gasteiger partial charge on any atom is -0.373 e. The standard InChI is InChI=1S/C33H35BN2/c1-32(2,3)24-16-12-20-28-30(24)36(31-25(33(4,5)6)17-13-21-29(31)35(28)7)34-26-18-10-8-14-22(26)23-15-9-11-19-27(23)34/h8-21H,1-7H3. The lowest BCUT2D eigenvalue weighted by Crippen LogP contribution is -2.54. The summed E-state index contributed by atoms with van der Waals surface area (Å²) in [7, 11) is 2.23. The van der Waals surface area contributed by atoms with Gasteiger partial charge in [-0.1, -0.05) is 114 Å². The van der Waals surface area contributed by atoms with Crippen LogP contribution in [0.4, 0.5) is 22.7 Å². The molecule has 4 aromatic rings. The van der Waals surface area contributed by atoms with Gasteiger partial charge < -0.3 is 9.71 Å². The molecule has 0 aromatic heterocycles. The smallest absolute Gasteiger partial charge is 0.329 e. The Morgan fingerprint density at radius 2 is 0.944 bits per heavy atom. The second kappa shape index (κ2) is 7.77. The van der Waals surface area contributed by atoms with Crippen molar-refractivity contribution in [3.8, 4) is 11.1 Å². The normalized spacial score (nSPS) is 14.4. The molecular formula is C33H35BN2. The van der Waals surface area contributed by atoms with E-state index in [-0.39, 0.29) is 17.7 Å². The van der Waals surface area contributed by atoms with Gasteiger partial charge in [0.2, 0.25) is 0 Å². The molecule has 0 bridgehead atoms. The third kappa shape index (κ3) is 3.25. The highest BCUT2D eigenvalue weighted by Gasteiger charge is 2.45. The summed E-state index contributed by atoms with van der Waals surface area (Å²) in [5.74, 6) is 0. The molecule has 3 heteroatoms. The first kappa shape index (κ1) is 23.0. The number of hydrogen-bond acceptors (Lipinski definition) is 2. The molecule has 0 atom stereocenters. The van der Waals surface area contributed by atoms with Gasteiger partial charge in [0.15, 0.2) is 0 Å². The van der Waals surface area contributed by atoms with Gasteiger partial charge in [0.05, 0.1) is 22.7 Å². The summed E-state index contributed by atoms with van der Waals surface area (Å²) in [5, 5.41) is 0. The van der Waals surface area contributed by atoms with Crippen LogP contribution >= 0.6 is 0 Å². The summed E-state index contributed by atoms with van der Waals surface area (Å²) in [6, 6.07) is 31.7. The molecule has 2 aliphatic rings. The molecule has 0 amide bonds. The minimum atomic E-state index is -0.00372. The van der Waals surface area contributed by atoms with Crippen LogP contribution in [0.2, 0.25) is 0 Å². The van der Waals surface area contributed by atoms with Gasteiger partial charge in [-0.05, 0) is 56.1 Å². The molecular weight excluding hydrogens is 435 g/mol. The third-order valence-corrected chi connectivity index (χ3v) is 7.91. The van der Waals surface area contributed by atoms with E-state index in [0.717, 1.165) is 0 Å². The summed E-state index contributed by atoms with van der Waals surface area (Å²) < 4.78 is 0. The summed E-state index contributed by atoms with van der Waals surface area (Å²) in [5.41, 5.74) is 13.4. The molecule has 0 saturated carbocycles. The van der Waals surface area contributed by atoms with Gasteiger partial charge in [-0.2, -0.15) is 0 Å². The number of rotatable bonds is 1. The van der Waals surface area contributed by atoms with Crippen molar-refractivity contribution in [1.29, 1.82) is 0 Å². The van der Waals surface area contributed by atoms with E-state index in [4.69, 9.17) is 0 Å². The van der Waals surface area contributed by atoms with Crippen LogP contribution in [0.3, 0.4) is 0 Å². The Morgan fingerprint density at radius 3 is 1.36 bits per heavy atom. The van der Waals surface area contributed by atoms with Crippen LogP contribution in [0.25, 0.3) is 11.1 Å². The monoisotopic (exact) mass is 470 g/mol. The SMILES string of the molecule is CN1c2cccc(C(C)(C)C)c2N(B2c3ccccc3-c3ccccc32)c2c1cccc2C(C)(C)C. The van der Waals surface area contributed by atoms with Gasteiger partial charge in [0, 0.05) is 7.05 Å². The average molecular weight is 470 g/mol. The van der Waals surface area contributed by atoms with Crippen LogP contribution in [0.1, 0.15) is 52.7 Å². The second-order valence-corrected chi connectivity index (χ2v) is 12.4. The molecule has 6 rings (SSSR count). The molecule has 4 aromatic carbocycles. The van der Waals surface area contributed by atoms with Crippen LogP contribution in [0.15, 0.2) is 84.9 Å². The summed E-state index contributed by atoms with van der Waals surface area (Å²) in [4.78, 5) is 5.09. The van der Waals surface area contributed by atoms with E-state index < -0.39 is 0 Å². The Morgan fingerprint density at radius 1 is 0.528 bits per heavy atom. The van der Waals surface area contributed by atoms with Gasteiger partial charge in [0.1, 0.15) is 0 Å². The summed E-state index contributed by atoms with van der Waals surface area (Å²) >= 11 is 0. The van der Waals surface area contributed by atoms with E-state index in [1.54, 1.807) is 0 Å². The molecule has 0 saturated heterocycles. The van der Waals surface area contributed by atoms with E-state index in [9.17, 15) is 0 Å². The fourth-order valence-corrected chi connectivity index (χ4v) is 6.23. The Hall–Kier alpha value is -3.46. The lowest BCUT2D eigenvalue weighted by molar-refractivity contribution is 0.587. The van der Waals surface area contributed by atoms with E-state index in [0.29, 0.717) is 0 Å². The van der Waals surface area contributed by atoms with Crippen molar-refractivity contribution in [1.82, 2.24) is 0 Å². The van der Waals surface area contributed by atoms with Gasteiger partial charge >= 0.3 is 6.85 Å². The molecule has 0 fully saturated rings. The molecule has 0 unspecified atom stereocenters. The molecule has 180 valence electrons. The van der Waals surface area contributed by atoms with Crippen molar-refractivity contribution in [2.45, 2.75) is 52.4 Å². The molecule has 0 aliphatic carbocycles. The number of nitrogens with zero attached hydrogens (tertiary/aromatic N) is 2. The van der Waals surface area contributed by atoms with Gasteiger partial charge in [-0.3, -0.25) is 0 Å². The molecule has 36 heavy (non-hydrogen) atoms. The lowest BCUT2D eigenvalue weighted by atomic mass is 9.50. The maximum absolute atomic E-state index is 2.69. The van der Waals surface area contributed by atoms with Crippen molar-refractivity contribution >= 4 is 40.5 Å². The topological polar surface area (TPSA) is 6.48 Å². The van der Waals surface area contributed by atoms with E-state index in [2.05, 4.69) is 143 Å². The zero-order valence-electron chi connectivity index (χ0n) is 22.6. The molecule has 2 nitrogen and oxygen atoms in total. The van der Waals surface area contributed by atoms with Crippen LogP contribution in [0.5, 0.6) is 0 Å². The highest BCUT2D eigenvalue weighted by molar-refractivity contribution is 6.93. The highest BCUT2D eigenvalue weighted by Crippen LogP contribution is 2.54. The van der Waals surface area contributed by atoms with E-state index >= 15 is 0 Å². The zero-order chi connectivity index (χ0) is 25.4. The van der Waals surface area contributed by atoms with Crippen molar-refractivity contribution in [3.63, 3.8) is 0 Å². The second-order valence-electron chi connectivity index (χ2n) is 12.4. The number of hydrogen-bond donors (Lipinski definition) is 0. The number of benzene rings is 4. The first-order valence-corrected chi connectivity index (χ1v) is 13.1. The van der Waals surface area contributed by atoms with Gasteiger partial charge in [-0.15, -0.1) is 0 Å². The Kier molecular flexibility index (Phi) is 4.96. The fourth-order valence-electron chi connectivity index (χ4n) is 6.23. The van der Waals surface area contributed by atoms with E-state index in [1.165, 1.54) is 55.9 Å². The summed E-state index contributed by atoms with van der Waals surface area (Å²) in [6.07, 6.45) is 0. The minimum absolute atomic E-state index is 0.00372. The quantitative estimate of drug-likeness (QED) is 0.270. The highest BCUT2D eigenvalue weighted by atomic mass is 15.2. The van der Waals surface area contributed by atoms with Crippen molar-refractivity contribution in [2.75, 3.05) is 16.8 Å². The predicted molar refractivity (Wildman–Crippen MR) is 157 cm³/mol. The van der Waals surface area contributed by atoms with Crippen LogP contribution in [-0.4, -0.2) is 13.9 Å². The van der Waals surface area contributed by atoms with Crippen LogP contribution in [-0.2, 0) is 10.8 Å². The maximum atomic E-state index is 2.69. The molecule has 0 N–H and O–H groups in total. The summed E-state index contributed by atoms with van der Waals surface area (Å²) in [6.45, 7) is 14.1. The van der Waals surface area contributed by atoms with Gasteiger partial charge in [-0.25, -0.2) is 0 Å². The van der Waals surface area contributed by atoms with Crippen molar-refractivity contribution in [3.05, 3.63) is 96.1 Å². The molecule has 2 heterocycles. The van der Waals surface area contributed by atoms with Crippen LogP contribution < -0.4 is 20.6 Å². The predicted octanol–water partition coefficient (Wildman–Crippen LogP) is 7.29. The zero-order valence-corrected chi connectivity index (χ0v) is 22.6. The van der Waals surface area contributed by atoms with Gasteiger partial charge in [0.25, 0.3) is 0 Å². The maximum Gasteiger partial charge on any atom is 0.329 e.